The zero-order valence-electron chi connectivity index (χ0n) is 14.5. The van der Waals surface area contributed by atoms with Crippen LogP contribution in [0.2, 0.25) is 0 Å². The van der Waals surface area contributed by atoms with Gasteiger partial charge in [0.05, 0.1) is 6.10 Å². The van der Waals surface area contributed by atoms with Gasteiger partial charge in [0.2, 0.25) is 0 Å². The zero-order chi connectivity index (χ0) is 17.5. The van der Waals surface area contributed by atoms with Crippen LogP contribution in [-0.4, -0.2) is 39.3 Å². The van der Waals surface area contributed by atoms with E-state index in [2.05, 4.69) is 36.4 Å². The molecule has 0 fully saturated rings. The molecule has 0 heterocycles. The van der Waals surface area contributed by atoms with E-state index in [1.807, 2.05) is 0 Å². The van der Waals surface area contributed by atoms with Crippen LogP contribution >= 0.6 is 0 Å². The maximum Gasteiger partial charge on any atom is 0.191 e. The van der Waals surface area contributed by atoms with Crippen LogP contribution in [0.4, 0.5) is 8.78 Å². The molecule has 1 aromatic rings. The molecule has 2 N–H and O–H groups in total. The predicted molar refractivity (Wildman–Crippen MR) is 89.7 cm³/mol. The van der Waals surface area contributed by atoms with Crippen LogP contribution < -0.4 is 10.6 Å². The highest BCUT2D eigenvalue weighted by Crippen LogP contribution is 2.20. The third kappa shape index (κ3) is 6.14. The smallest absolute Gasteiger partial charge is 0.191 e. The molecular weight excluding hydrogens is 300 g/mol. The molecule has 6 heteroatoms. The number of rotatable bonds is 6. The molecule has 1 rings (SSSR count). The van der Waals surface area contributed by atoms with E-state index in [0.29, 0.717) is 19.0 Å². The lowest BCUT2D eigenvalue weighted by Crippen LogP contribution is -2.45. The maximum absolute atomic E-state index is 13.6. The topological polar surface area (TPSA) is 45.7 Å². The van der Waals surface area contributed by atoms with Crippen molar-refractivity contribution in [2.45, 2.75) is 33.3 Å². The van der Waals surface area contributed by atoms with Gasteiger partial charge in [-0.3, -0.25) is 4.99 Å². The van der Waals surface area contributed by atoms with Crippen molar-refractivity contribution in [3.8, 4) is 0 Å². The second kappa shape index (κ2) is 8.82. The van der Waals surface area contributed by atoms with Crippen molar-refractivity contribution < 1.29 is 13.5 Å². The quantitative estimate of drug-likeness (QED) is 0.624. The Kier molecular flexibility index (Phi) is 7.42. The van der Waals surface area contributed by atoms with Crippen molar-refractivity contribution in [1.29, 1.82) is 0 Å². The van der Waals surface area contributed by atoms with Gasteiger partial charge in [-0.1, -0.05) is 26.8 Å². The summed E-state index contributed by atoms with van der Waals surface area (Å²) < 4.78 is 32.6. The summed E-state index contributed by atoms with van der Waals surface area (Å²) in [6, 6.07) is 3.88. The predicted octanol–water partition coefficient (Wildman–Crippen LogP) is 2.73. The number of ether oxygens (including phenoxy) is 1. The molecule has 0 aliphatic heterocycles. The van der Waals surface area contributed by atoms with Crippen LogP contribution in [0.5, 0.6) is 0 Å². The van der Waals surface area contributed by atoms with Crippen LogP contribution in [0, 0.1) is 17.0 Å². The van der Waals surface area contributed by atoms with Gasteiger partial charge < -0.3 is 15.4 Å². The van der Waals surface area contributed by atoms with Gasteiger partial charge in [-0.05, 0) is 24.0 Å². The molecule has 0 aromatic heterocycles. The molecule has 0 saturated heterocycles. The standard InChI is InChI=1S/C17H27F2N3O/c1-17(2,3)15(23-5)11-22-16(20-4)21-10-9-12-13(18)7-6-8-14(12)19/h6-8,15H,9-11H2,1-5H3,(H2,20,21,22). The van der Waals surface area contributed by atoms with Crippen molar-refractivity contribution >= 4 is 5.96 Å². The largest absolute Gasteiger partial charge is 0.379 e. The van der Waals surface area contributed by atoms with Gasteiger partial charge in [0, 0.05) is 32.8 Å². The number of aliphatic imine (C=N–C) groups is 1. The van der Waals surface area contributed by atoms with Crippen molar-refractivity contribution in [1.82, 2.24) is 10.6 Å². The lowest BCUT2D eigenvalue weighted by Gasteiger charge is -2.30. The van der Waals surface area contributed by atoms with Crippen molar-refractivity contribution in [3.05, 3.63) is 35.4 Å². The number of benzene rings is 1. The van der Waals surface area contributed by atoms with Crippen molar-refractivity contribution in [3.63, 3.8) is 0 Å². The summed E-state index contributed by atoms with van der Waals surface area (Å²) in [6.07, 6.45) is 0.261. The van der Waals surface area contributed by atoms with Crippen molar-refractivity contribution in [2.75, 3.05) is 27.2 Å². The van der Waals surface area contributed by atoms with Gasteiger partial charge in [-0.15, -0.1) is 0 Å². The Morgan fingerprint density at radius 1 is 1.22 bits per heavy atom. The van der Waals surface area contributed by atoms with Crippen LogP contribution in [0.15, 0.2) is 23.2 Å². The van der Waals surface area contributed by atoms with Crippen molar-refractivity contribution in [2.24, 2.45) is 10.4 Å². The van der Waals surface area contributed by atoms with E-state index in [9.17, 15) is 8.78 Å². The number of nitrogens with one attached hydrogen (secondary N) is 2. The minimum atomic E-state index is -0.526. The Bertz CT molecular complexity index is 507. The average molecular weight is 327 g/mol. The highest BCUT2D eigenvalue weighted by Gasteiger charge is 2.24. The molecule has 0 amide bonds. The number of halogens is 2. The summed E-state index contributed by atoms with van der Waals surface area (Å²) in [6.45, 7) is 7.26. The summed E-state index contributed by atoms with van der Waals surface area (Å²) in [7, 11) is 3.33. The third-order valence-electron chi connectivity index (χ3n) is 3.66. The van der Waals surface area contributed by atoms with Gasteiger partial charge in [-0.2, -0.15) is 0 Å². The number of hydrogen-bond donors (Lipinski definition) is 2. The molecule has 0 aliphatic carbocycles. The zero-order valence-corrected chi connectivity index (χ0v) is 14.5. The molecule has 0 spiro atoms. The highest BCUT2D eigenvalue weighted by atomic mass is 19.1. The second-order valence-corrected chi connectivity index (χ2v) is 6.42. The van der Waals surface area contributed by atoms with E-state index in [0.717, 1.165) is 0 Å². The Morgan fingerprint density at radius 3 is 2.30 bits per heavy atom. The van der Waals surface area contributed by atoms with E-state index in [1.54, 1.807) is 14.2 Å². The van der Waals surface area contributed by atoms with Crippen LogP contribution in [0.1, 0.15) is 26.3 Å². The first-order valence-corrected chi connectivity index (χ1v) is 7.69. The summed E-state index contributed by atoms with van der Waals surface area (Å²) in [4.78, 5) is 4.10. The van der Waals surface area contributed by atoms with Gasteiger partial charge >= 0.3 is 0 Å². The molecule has 1 atom stereocenters. The van der Waals surface area contributed by atoms with E-state index >= 15 is 0 Å². The Morgan fingerprint density at radius 2 is 1.83 bits per heavy atom. The Hall–Kier alpha value is -1.69. The summed E-state index contributed by atoms with van der Waals surface area (Å²) in [5, 5.41) is 6.22. The number of nitrogens with zero attached hydrogens (tertiary/aromatic N) is 1. The molecule has 130 valence electrons. The van der Waals surface area contributed by atoms with Crippen LogP contribution in [0.25, 0.3) is 0 Å². The van der Waals surface area contributed by atoms with E-state index in [-0.39, 0.29) is 23.5 Å². The van der Waals surface area contributed by atoms with Crippen LogP contribution in [-0.2, 0) is 11.2 Å². The SMILES string of the molecule is CN=C(NCCc1c(F)cccc1F)NCC(OC)C(C)(C)C. The fourth-order valence-electron chi connectivity index (χ4n) is 2.23. The molecule has 0 radical (unpaired) electrons. The Balaban J connectivity index is 2.49. The fourth-order valence-corrected chi connectivity index (χ4v) is 2.23. The number of hydrogen-bond acceptors (Lipinski definition) is 2. The van der Waals surface area contributed by atoms with Gasteiger partial charge in [0.25, 0.3) is 0 Å². The minimum Gasteiger partial charge on any atom is -0.379 e. The molecular formula is C17H27F2N3O. The molecule has 1 aromatic carbocycles. The maximum atomic E-state index is 13.6. The fraction of sp³-hybridized carbons (Fsp3) is 0.588. The first-order chi connectivity index (χ1) is 10.8. The summed E-state index contributed by atoms with van der Waals surface area (Å²) >= 11 is 0. The lowest BCUT2D eigenvalue weighted by atomic mass is 9.89. The third-order valence-corrected chi connectivity index (χ3v) is 3.66. The monoisotopic (exact) mass is 327 g/mol. The number of guanidine groups is 1. The molecule has 1 unspecified atom stereocenters. The van der Waals surface area contributed by atoms with Crippen LogP contribution in [0.3, 0.4) is 0 Å². The molecule has 0 bridgehead atoms. The minimum absolute atomic E-state index is 0.00308. The van der Waals surface area contributed by atoms with E-state index < -0.39 is 11.6 Å². The van der Waals surface area contributed by atoms with E-state index in [1.165, 1.54) is 18.2 Å². The molecule has 0 aliphatic rings. The first kappa shape index (κ1) is 19.4. The Labute approximate surface area is 137 Å². The first-order valence-electron chi connectivity index (χ1n) is 7.69. The summed E-state index contributed by atoms with van der Waals surface area (Å²) in [5.41, 5.74) is 0.0802. The highest BCUT2D eigenvalue weighted by molar-refractivity contribution is 5.79. The lowest BCUT2D eigenvalue weighted by molar-refractivity contribution is 0.0205. The van der Waals surface area contributed by atoms with Gasteiger partial charge in [0.15, 0.2) is 5.96 Å². The molecule has 4 nitrogen and oxygen atoms in total. The molecule has 23 heavy (non-hydrogen) atoms. The second-order valence-electron chi connectivity index (χ2n) is 6.42. The van der Waals surface area contributed by atoms with Gasteiger partial charge in [-0.25, -0.2) is 8.78 Å². The average Bonchev–Trinajstić information content (AvgIpc) is 2.47. The number of methoxy groups -OCH3 is 1. The normalized spacial score (nSPS) is 13.8. The molecule has 0 saturated carbocycles. The summed E-state index contributed by atoms with van der Waals surface area (Å²) in [5.74, 6) is -0.475. The van der Waals surface area contributed by atoms with E-state index in [4.69, 9.17) is 4.74 Å². The van der Waals surface area contributed by atoms with Gasteiger partial charge in [0.1, 0.15) is 11.6 Å².